The zero-order valence-corrected chi connectivity index (χ0v) is 11.5. The Balaban J connectivity index is 1.77. The van der Waals surface area contributed by atoms with Crippen LogP contribution in [0.25, 0.3) is 0 Å². The summed E-state index contributed by atoms with van der Waals surface area (Å²) in [5, 5.41) is 4.03. The highest BCUT2D eigenvalue weighted by atomic mass is 16.5. The molecular formula is C15H17N3O2. The van der Waals surface area contributed by atoms with Gasteiger partial charge in [-0.3, -0.25) is 9.78 Å². The van der Waals surface area contributed by atoms with E-state index in [2.05, 4.69) is 10.1 Å². The Morgan fingerprint density at radius 2 is 2.05 bits per heavy atom. The molecule has 0 radical (unpaired) electrons. The maximum absolute atomic E-state index is 12.5. The van der Waals surface area contributed by atoms with E-state index in [4.69, 9.17) is 4.52 Å². The monoisotopic (exact) mass is 271 g/mol. The lowest BCUT2D eigenvalue weighted by Gasteiger charge is -2.17. The normalized spacial score (nSPS) is 13.8. The van der Waals surface area contributed by atoms with Crippen LogP contribution in [0, 0.1) is 0 Å². The molecule has 2 aromatic rings. The second-order valence-corrected chi connectivity index (χ2v) is 5.16. The van der Waals surface area contributed by atoms with Gasteiger partial charge in [-0.1, -0.05) is 5.16 Å². The summed E-state index contributed by atoms with van der Waals surface area (Å²) in [4.78, 5) is 18.1. The minimum atomic E-state index is -0.0996. The number of carbonyl (C=O) groups excluding carboxylic acids is 1. The first-order valence-corrected chi connectivity index (χ1v) is 6.87. The highest BCUT2D eigenvalue weighted by Gasteiger charge is 2.26. The molecule has 2 aromatic heterocycles. The first-order valence-electron chi connectivity index (χ1n) is 6.87. The van der Waals surface area contributed by atoms with Crippen LogP contribution in [0.1, 0.15) is 40.2 Å². The molecule has 0 aromatic carbocycles. The van der Waals surface area contributed by atoms with Crippen LogP contribution in [0.3, 0.4) is 0 Å². The minimum Gasteiger partial charge on any atom is -0.350 e. The van der Waals surface area contributed by atoms with Crippen LogP contribution in [0.15, 0.2) is 29.0 Å². The molecule has 20 heavy (non-hydrogen) atoms. The third-order valence-corrected chi connectivity index (χ3v) is 3.67. The molecule has 2 heterocycles. The fraction of sp³-hybridized carbons (Fsp3) is 0.400. The number of fused-ring (bicyclic) bond motifs is 1. The van der Waals surface area contributed by atoms with Crippen LogP contribution >= 0.6 is 0 Å². The van der Waals surface area contributed by atoms with Crippen molar-refractivity contribution in [1.82, 2.24) is 15.0 Å². The van der Waals surface area contributed by atoms with Crippen molar-refractivity contribution in [2.45, 2.75) is 32.2 Å². The van der Waals surface area contributed by atoms with Crippen molar-refractivity contribution in [2.24, 2.45) is 0 Å². The van der Waals surface area contributed by atoms with E-state index in [1.54, 1.807) is 24.3 Å². The summed E-state index contributed by atoms with van der Waals surface area (Å²) in [7, 11) is 1.78. The Morgan fingerprint density at radius 3 is 2.85 bits per heavy atom. The van der Waals surface area contributed by atoms with E-state index in [-0.39, 0.29) is 5.91 Å². The summed E-state index contributed by atoms with van der Waals surface area (Å²) < 4.78 is 5.28. The Labute approximate surface area is 117 Å². The fourth-order valence-corrected chi connectivity index (χ4v) is 2.57. The van der Waals surface area contributed by atoms with Crippen LogP contribution in [0.5, 0.6) is 0 Å². The molecule has 1 aliphatic carbocycles. The van der Waals surface area contributed by atoms with Crippen molar-refractivity contribution in [2.75, 3.05) is 7.05 Å². The van der Waals surface area contributed by atoms with E-state index in [0.717, 1.165) is 42.5 Å². The Kier molecular flexibility index (Phi) is 3.50. The van der Waals surface area contributed by atoms with Crippen LogP contribution in [0.4, 0.5) is 0 Å². The average molecular weight is 271 g/mol. The number of hydrogen-bond acceptors (Lipinski definition) is 4. The number of carbonyl (C=O) groups is 1. The van der Waals surface area contributed by atoms with E-state index in [9.17, 15) is 4.79 Å². The Bertz CT molecular complexity index is 607. The smallest absolute Gasteiger partial charge is 0.292 e. The Morgan fingerprint density at radius 1 is 1.30 bits per heavy atom. The van der Waals surface area contributed by atoms with Gasteiger partial charge in [0.25, 0.3) is 5.91 Å². The van der Waals surface area contributed by atoms with Crippen LogP contribution in [-0.4, -0.2) is 28.0 Å². The van der Waals surface area contributed by atoms with E-state index < -0.39 is 0 Å². The summed E-state index contributed by atoms with van der Waals surface area (Å²) in [5.74, 6) is 0.314. The largest absolute Gasteiger partial charge is 0.350 e. The highest BCUT2D eigenvalue weighted by Crippen LogP contribution is 2.24. The van der Waals surface area contributed by atoms with E-state index in [0.29, 0.717) is 12.3 Å². The van der Waals surface area contributed by atoms with Crippen molar-refractivity contribution in [3.63, 3.8) is 0 Å². The van der Waals surface area contributed by atoms with E-state index in [1.807, 2.05) is 12.1 Å². The van der Waals surface area contributed by atoms with E-state index in [1.165, 1.54) is 0 Å². The van der Waals surface area contributed by atoms with Crippen molar-refractivity contribution in [1.29, 1.82) is 0 Å². The second-order valence-electron chi connectivity index (χ2n) is 5.16. The molecule has 0 N–H and O–H groups in total. The topological polar surface area (TPSA) is 59.2 Å². The molecule has 0 spiro atoms. The molecule has 0 saturated carbocycles. The SMILES string of the molecule is CN(Cc1ccncc1)C(=O)c1onc2c1CCCC2. The third-order valence-electron chi connectivity index (χ3n) is 3.67. The number of aromatic nitrogens is 2. The van der Waals surface area contributed by atoms with Gasteiger partial charge < -0.3 is 9.42 Å². The molecule has 1 amide bonds. The average Bonchev–Trinajstić information content (AvgIpc) is 2.91. The number of nitrogens with zero attached hydrogens (tertiary/aromatic N) is 3. The highest BCUT2D eigenvalue weighted by molar-refractivity contribution is 5.92. The van der Waals surface area contributed by atoms with Gasteiger partial charge in [0.2, 0.25) is 5.76 Å². The third kappa shape index (κ3) is 2.43. The van der Waals surface area contributed by atoms with Crippen LogP contribution in [0.2, 0.25) is 0 Å². The zero-order chi connectivity index (χ0) is 13.9. The van der Waals surface area contributed by atoms with Crippen molar-refractivity contribution in [3.05, 3.63) is 47.1 Å². The predicted molar refractivity (Wildman–Crippen MR) is 73.2 cm³/mol. The Hall–Kier alpha value is -2.17. The van der Waals surface area contributed by atoms with Crippen molar-refractivity contribution in [3.8, 4) is 0 Å². The molecule has 3 rings (SSSR count). The van der Waals surface area contributed by atoms with Gasteiger partial charge in [0.15, 0.2) is 0 Å². The molecule has 0 saturated heterocycles. The molecule has 0 fully saturated rings. The van der Waals surface area contributed by atoms with E-state index >= 15 is 0 Å². The second kappa shape index (κ2) is 5.45. The van der Waals surface area contributed by atoms with Gasteiger partial charge >= 0.3 is 0 Å². The maximum atomic E-state index is 12.5. The maximum Gasteiger partial charge on any atom is 0.292 e. The number of aryl methyl sites for hydroxylation is 1. The molecule has 5 nitrogen and oxygen atoms in total. The standard InChI is InChI=1S/C15H17N3O2/c1-18(10-11-6-8-16-9-7-11)15(19)14-12-4-2-3-5-13(12)17-20-14/h6-9H,2-5,10H2,1H3. The van der Waals surface area contributed by atoms with Gasteiger partial charge in [0.05, 0.1) is 5.69 Å². The summed E-state index contributed by atoms with van der Waals surface area (Å²) >= 11 is 0. The fourth-order valence-electron chi connectivity index (χ4n) is 2.57. The molecule has 0 bridgehead atoms. The molecule has 5 heteroatoms. The molecule has 0 unspecified atom stereocenters. The summed E-state index contributed by atoms with van der Waals surface area (Å²) in [6, 6.07) is 3.80. The van der Waals surface area contributed by atoms with Crippen molar-refractivity contribution >= 4 is 5.91 Å². The first-order chi connectivity index (χ1) is 9.75. The molecule has 0 atom stereocenters. The summed E-state index contributed by atoms with van der Waals surface area (Å²) in [6.45, 7) is 0.539. The zero-order valence-electron chi connectivity index (χ0n) is 11.5. The molecule has 104 valence electrons. The summed E-state index contributed by atoms with van der Waals surface area (Å²) in [6.07, 6.45) is 7.49. The number of rotatable bonds is 3. The van der Waals surface area contributed by atoms with Crippen LogP contribution < -0.4 is 0 Å². The predicted octanol–water partition coefficient (Wildman–Crippen LogP) is 2.22. The number of amides is 1. The van der Waals surface area contributed by atoms with Gasteiger partial charge in [0, 0.05) is 31.5 Å². The van der Waals surface area contributed by atoms with Gasteiger partial charge in [-0.2, -0.15) is 0 Å². The molecular weight excluding hydrogens is 254 g/mol. The van der Waals surface area contributed by atoms with Gasteiger partial charge in [0.1, 0.15) is 0 Å². The first kappa shape index (κ1) is 12.8. The lowest BCUT2D eigenvalue weighted by molar-refractivity contribution is 0.0742. The van der Waals surface area contributed by atoms with Crippen LogP contribution in [-0.2, 0) is 19.4 Å². The van der Waals surface area contributed by atoms with Gasteiger partial charge in [-0.15, -0.1) is 0 Å². The quantitative estimate of drug-likeness (QED) is 0.859. The summed E-state index contributed by atoms with van der Waals surface area (Å²) in [5.41, 5.74) is 3.00. The lowest BCUT2D eigenvalue weighted by Crippen LogP contribution is -2.27. The molecule has 0 aliphatic heterocycles. The van der Waals surface area contributed by atoms with Gasteiger partial charge in [-0.05, 0) is 43.4 Å². The number of hydrogen-bond donors (Lipinski definition) is 0. The minimum absolute atomic E-state index is 0.0996. The van der Waals surface area contributed by atoms with Crippen molar-refractivity contribution < 1.29 is 9.32 Å². The van der Waals surface area contributed by atoms with Gasteiger partial charge in [-0.25, -0.2) is 0 Å². The number of pyridine rings is 1. The lowest BCUT2D eigenvalue weighted by atomic mass is 9.96. The molecule has 1 aliphatic rings.